The zero-order valence-electron chi connectivity index (χ0n) is 26.8. The van der Waals surface area contributed by atoms with Crippen LogP contribution in [-0.2, 0) is 27.5 Å². The number of nitrogens with zero attached hydrogens (tertiary/aromatic N) is 3. The summed E-state index contributed by atoms with van der Waals surface area (Å²) in [5.41, 5.74) is 7.98. The molecule has 2 heterocycles. The van der Waals surface area contributed by atoms with E-state index in [9.17, 15) is 18.8 Å². The van der Waals surface area contributed by atoms with Crippen LogP contribution in [0.5, 0.6) is 5.75 Å². The predicted octanol–water partition coefficient (Wildman–Crippen LogP) is 6.65. The minimum atomic E-state index is -0.953. The maximum Gasteiger partial charge on any atom is 0.306 e. The van der Waals surface area contributed by atoms with Crippen LogP contribution in [-0.4, -0.2) is 52.7 Å². The van der Waals surface area contributed by atoms with Gasteiger partial charge in [-0.2, -0.15) is 0 Å². The van der Waals surface area contributed by atoms with Crippen molar-refractivity contribution in [3.63, 3.8) is 0 Å². The van der Waals surface area contributed by atoms with E-state index in [4.69, 9.17) is 21.8 Å². The van der Waals surface area contributed by atoms with Crippen LogP contribution in [0.1, 0.15) is 67.9 Å². The molecule has 1 atom stereocenters. The number of thioether (sulfide) groups is 1. The van der Waals surface area contributed by atoms with Crippen LogP contribution in [0.15, 0.2) is 65.6 Å². The molecule has 246 valence electrons. The molecule has 0 bridgehead atoms. The molecule has 0 aliphatic carbocycles. The Balaban J connectivity index is 1.14. The fraction of sp³-hybridized carbons (Fsp3) is 0.389. The number of rotatable bonds is 11. The van der Waals surface area contributed by atoms with E-state index >= 15 is 0 Å². The molecule has 0 saturated carbocycles. The topological polar surface area (TPSA) is 107 Å². The Labute approximate surface area is 279 Å². The van der Waals surface area contributed by atoms with E-state index in [1.54, 1.807) is 51.1 Å². The van der Waals surface area contributed by atoms with E-state index in [2.05, 4.69) is 17.0 Å². The monoisotopic (exact) mass is 658 g/mol. The van der Waals surface area contributed by atoms with Crippen LogP contribution in [0.4, 0.5) is 15.8 Å². The van der Waals surface area contributed by atoms with Crippen molar-refractivity contribution in [1.82, 2.24) is 4.90 Å². The number of hydrogen-bond donors (Lipinski definition) is 1. The number of halogens is 1. The number of nitrogens with two attached hydrogens (primary N) is 1. The minimum absolute atomic E-state index is 0.0405. The highest BCUT2D eigenvalue weighted by Crippen LogP contribution is 2.35. The van der Waals surface area contributed by atoms with Gasteiger partial charge in [-0.05, 0) is 82.0 Å². The SMILES string of the molecule is [C-]#[N+]c1ccc(N2CCC(Sc3ccc(COc4cccc5c4CN(C(CCC(=O)OC(C)(C)C)C(N)=O)C5=O)cc3)CC2)c(F)c1. The highest BCUT2D eigenvalue weighted by Gasteiger charge is 2.37. The van der Waals surface area contributed by atoms with Crippen LogP contribution >= 0.6 is 11.8 Å². The number of piperidine rings is 1. The van der Waals surface area contributed by atoms with Gasteiger partial charge in [0.2, 0.25) is 5.91 Å². The molecule has 2 N–H and O–H groups in total. The summed E-state index contributed by atoms with van der Waals surface area (Å²) < 4.78 is 26.0. The lowest BCUT2D eigenvalue weighted by Crippen LogP contribution is -2.45. The summed E-state index contributed by atoms with van der Waals surface area (Å²) >= 11 is 1.81. The van der Waals surface area contributed by atoms with Crippen molar-refractivity contribution in [2.75, 3.05) is 18.0 Å². The molecule has 1 saturated heterocycles. The van der Waals surface area contributed by atoms with Gasteiger partial charge in [0.25, 0.3) is 5.91 Å². The number of amides is 2. The fourth-order valence-electron chi connectivity index (χ4n) is 5.87. The fourth-order valence-corrected chi connectivity index (χ4v) is 6.99. The summed E-state index contributed by atoms with van der Waals surface area (Å²) in [6.45, 7) is 14.3. The number of anilines is 1. The minimum Gasteiger partial charge on any atom is -0.489 e. The van der Waals surface area contributed by atoms with Crippen molar-refractivity contribution in [2.45, 2.75) is 81.4 Å². The zero-order chi connectivity index (χ0) is 33.7. The Hall–Kier alpha value is -4.56. The Morgan fingerprint density at radius 3 is 2.47 bits per heavy atom. The first kappa shape index (κ1) is 33.8. The summed E-state index contributed by atoms with van der Waals surface area (Å²) in [6.07, 6.45) is 1.87. The molecular formula is C36H39FN4O5S. The third-order valence-corrected chi connectivity index (χ3v) is 9.51. The highest BCUT2D eigenvalue weighted by molar-refractivity contribution is 8.00. The predicted molar refractivity (Wildman–Crippen MR) is 179 cm³/mol. The van der Waals surface area contributed by atoms with Crippen molar-refractivity contribution in [1.29, 1.82) is 0 Å². The normalized spacial score (nSPS) is 15.6. The lowest BCUT2D eigenvalue weighted by Gasteiger charge is -2.33. The quantitative estimate of drug-likeness (QED) is 0.182. The molecule has 47 heavy (non-hydrogen) atoms. The number of primary amides is 1. The van der Waals surface area contributed by atoms with Gasteiger partial charge in [-0.1, -0.05) is 24.3 Å². The number of ether oxygens (including phenoxy) is 2. The van der Waals surface area contributed by atoms with Crippen molar-refractivity contribution < 1.29 is 28.2 Å². The Morgan fingerprint density at radius 2 is 1.83 bits per heavy atom. The first-order chi connectivity index (χ1) is 22.4. The summed E-state index contributed by atoms with van der Waals surface area (Å²) in [6, 6.07) is 17.1. The molecule has 3 aromatic carbocycles. The molecule has 3 aromatic rings. The van der Waals surface area contributed by atoms with Gasteiger partial charge >= 0.3 is 5.97 Å². The van der Waals surface area contributed by atoms with E-state index in [-0.39, 0.29) is 31.1 Å². The highest BCUT2D eigenvalue weighted by atomic mass is 32.2. The molecular weight excluding hydrogens is 619 g/mol. The van der Waals surface area contributed by atoms with Crippen molar-refractivity contribution in [2.24, 2.45) is 5.73 Å². The zero-order valence-corrected chi connectivity index (χ0v) is 27.6. The van der Waals surface area contributed by atoms with Gasteiger partial charge in [0.15, 0.2) is 5.69 Å². The maximum atomic E-state index is 14.5. The average Bonchev–Trinajstić information content (AvgIpc) is 3.36. The van der Waals surface area contributed by atoms with Gasteiger partial charge in [0.1, 0.15) is 29.8 Å². The average molecular weight is 659 g/mol. The molecule has 9 nitrogen and oxygen atoms in total. The van der Waals surface area contributed by atoms with Crippen LogP contribution in [0.3, 0.4) is 0 Å². The van der Waals surface area contributed by atoms with Crippen molar-refractivity contribution >= 4 is 40.9 Å². The molecule has 2 aliphatic heterocycles. The van der Waals surface area contributed by atoms with Crippen LogP contribution in [0.2, 0.25) is 0 Å². The second-order valence-electron chi connectivity index (χ2n) is 12.7. The molecule has 2 amide bonds. The van der Waals surface area contributed by atoms with Crippen LogP contribution in [0, 0.1) is 12.4 Å². The number of carbonyl (C=O) groups is 3. The van der Waals surface area contributed by atoms with E-state index in [0.29, 0.717) is 40.1 Å². The molecule has 11 heteroatoms. The number of carbonyl (C=O) groups excluding carboxylic acids is 3. The Morgan fingerprint density at radius 1 is 1.11 bits per heavy atom. The van der Waals surface area contributed by atoms with E-state index in [1.165, 1.54) is 11.0 Å². The van der Waals surface area contributed by atoms with Gasteiger partial charge in [-0.25, -0.2) is 9.24 Å². The maximum absolute atomic E-state index is 14.5. The third-order valence-electron chi connectivity index (χ3n) is 8.16. The van der Waals surface area contributed by atoms with Crippen LogP contribution < -0.4 is 15.4 Å². The first-order valence-electron chi connectivity index (χ1n) is 15.7. The lowest BCUT2D eigenvalue weighted by molar-refractivity contribution is -0.155. The summed E-state index contributed by atoms with van der Waals surface area (Å²) in [5, 5.41) is 0.416. The summed E-state index contributed by atoms with van der Waals surface area (Å²) in [5.74, 6) is -1.25. The van der Waals surface area contributed by atoms with Crippen molar-refractivity contribution in [3.8, 4) is 5.75 Å². The standard InChI is InChI=1S/C36H39FN4O5S/c1-36(2,3)46-33(42)15-14-31(34(38)43)41-21-28-27(35(41)44)6-5-7-32(28)45-22-23-8-11-25(12-9-23)47-26-16-18-40(19-17-26)30-13-10-24(39-4)20-29(30)37/h5-13,20,26,31H,14-19,21-22H2,1-3H3,(H2,38,43). The lowest BCUT2D eigenvalue weighted by atomic mass is 10.1. The third kappa shape index (κ3) is 8.43. The van der Waals surface area contributed by atoms with Crippen LogP contribution in [0.25, 0.3) is 4.85 Å². The number of fused-ring (bicyclic) bond motifs is 1. The molecule has 1 fully saturated rings. The van der Waals surface area contributed by atoms with Gasteiger partial charge < -0.3 is 25.0 Å². The molecule has 0 radical (unpaired) electrons. The van der Waals surface area contributed by atoms with E-state index < -0.39 is 23.5 Å². The Kier molecular flexibility index (Phi) is 10.4. The van der Waals surface area contributed by atoms with E-state index in [0.717, 1.165) is 36.4 Å². The van der Waals surface area contributed by atoms with E-state index in [1.807, 2.05) is 28.8 Å². The number of esters is 1. The number of benzene rings is 3. The second-order valence-corrected chi connectivity index (χ2v) is 14.1. The second kappa shape index (κ2) is 14.5. The molecule has 5 rings (SSSR count). The smallest absolute Gasteiger partial charge is 0.306 e. The number of hydrogen-bond acceptors (Lipinski definition) is 7. The van der Waals surface area contributed by atoms with Gasteiger partial charge in [0, 0.05) is 40.8 Å². The van der Waals surface area contributed by atoms with Gasteiger partial charge in [0.05, 0.1) is 18.8 Å². The Bertz CT molecular complexity index is 1680. The van der Waals surface area contributed by atoms with Crippen molar-refractivity contribution in [3.05, 3.63) is 94.6 Å². The molecule has 1 unspecified atom stereocenters. The largest absolute Gasteiger partial charge is 0.489 e. The molecule has 0 spiro atoms. The summed E-state index contributed by atoms with van der Waals surface area (Å²) in [7, 11) is 0. The molecule has 0 aromatic heterocycles. The summed E-state index contributed by atoms with van der Waals surface area (Å²) in [4.78, 5) is 45.8. The molecule has 2 aliphatic rings. The van der Waals surface area contributed by atoms with Gasteiger partial charge in [-0.15, -0.1) is 11.8 Å². The van der Waals surface area contributed by atoms with Gasteiger partial charge in [-0.3, -0.25) is 14.4 Å². The first-order valence-corrected chi connectivity index (χ1v) is 16.5.